The summed E-state index contributed by atoms with van der Waals surface area (Å²) in [5.41, 5.74) is 4.35. The summed E-state index contributed by atoms with van der Waals surface area (Å²) < 4.78 is 11.6. The SMILES string of the molecule is Cc1cc(CN2CCN(CC(O)COC(c3ccccc3)c3ccccc3C)CC2)on1. The molecule has 4 rings (SSSR count). The molecular formula is C26H33N3O3. The maximum Gasteiger partial charge on any atom is 0.150 e. The van der Waals surface area contributed by atoms with E-state index >= 15 is 0 Å². The average Bonchev–Trinajstić information content (AvgIpc) is 3.21. The number of β-amino-alcohol motifs (C(OH)–C–C–N with tert-alkyl or cyclic N) is 1. The van der Waals surface area contributed by atoms with Gasteiger partial charge in [0.2, 0.25) is 0 Å². The molecule has 1 N–H and O–H groups in total. The molecule has 6 nitrogen and oxygen atoms in total. The van der Waals surface area contributed by atoms with Crippen LogP contribution in [-0.4, -0.2) is 65.5 Å². The van der Waals surface area contributed by atoms with Gasteiger partial charge >= 0.3 is 0 Å². The van der Waals surface area contributed by atoms with Gasteiger partial charge in [0.25, 0.3) is 0 Å². The van der Waals surface area contributed by atoms with Gasteiger partial charge in [0, 0.05) is 38.8 Å². The van der Waals surface area contributed by atoms with Crippen molar-refractivity contribution in [1.82, 2.24) is 15.0 Å². The second-order valence-electron chi connectivity index (χ2n) is 8.65. The van der Waals surface area contributed by atoms with Crippen molar-refractivity contribution >= 4 is 0 Å². The van der Waals surface area contributed by atoms with Gasteiger partial charge in [0.05, 0.1) is 24.9 Å². The Labute approximate surface area is 190 Å². The Balaban J connectivity index is 1.28. The number of aliphatic hydroxyl groups is 1. The summed E-state index contributed by atoms with van der Waals surface area (Å²) in [6.45, 7) is 9.48. The number of rotatable bonds is 9. The van der Waals surface area contributed by atoms with Crippen molar-refractivity contribution in [3.05, 3.63) is 88.8 Å². The largest absolute Gasteiger partial charge is 0.389 e. The third-order valence-electron chi connectivity index (χ3n) is 6.02. The molecule has 3 aromatic rings. The zero-order valence-electron chi connectivity index (χ0n) is 19.0. The molecule has 0 aliphatic carbocycles. The molecule has 32 heavy (non-hydrogen) atoms. The number of hydrogen-bond donors (Lipinski definition) is 1. The molecule has 1 saturated heterocycles. The lowest BCUT2D eigenvalue weighted by Gasteiger charge is -2.35. The van der Waals surface area contributed by atoms with Crippen LogP contribution in [0.1, 0.15) is 34.2 Å². The van der Waals surface area contributed by atoms with Gasteiger partial charge in [-0.1, -0.05) is 59.8 Å². The highest BCUT2D eigenvalue weighted by molar-refractivity contribution is 5.35. The fourth-order valence-electron chi connectivity index (χ4n) is 4.27. The summed E-state index contributed by atoms with van der Waals surface area (Å²) in [4.78, 5) is 4.67. The lowest BCUT2D eigenvalue weighted by molar-refractivity contribution is -0.0153. The molecule has 0 saturated carbocycles. The molecular weight excluding hydrogens is 402 g/mol. The maximum absolute atomic E-state index is 10.7. The first-order valence-electron chi connectivity index (χ1n) is 11.4. The average molecular weight is 436 g/mol. The summed E-state index contributed by atoms with van der Waals surface area (Å²) in [7, 11) is 0. The van der Waals surface area contributed by atoms with Gasteiger partial charge in [-0.25, -0.2) is 0 Å². The van der Waals surface area contributed by atoms with Gasteiger partial charge in [-0.05, 0) is 30.5 Å². The van der Waals surface area contributed by atoms with Crippen LogP contribution in [0.2, 0.25) is 0 Å². The van der Waals surface area contributed by atoms with Gasteiger partial charge in [-0.2, -0.15) is 0 Å². The molecule has 1 aliphatic rings. The molecule has 0 spiro atoms. The van der Waals surface area contributed by atoms with Crippen LogP contribution in [0.4, 0.5) is 0 Å². The number of ether oxygens (including phenoxy) is 1. The van der Waals surface area contributed by atoms with Crippen LogP contribution in [0.15, 0.2) is 65.2 Å². The first-order chi connectivity index (χ1) is 15.6. The second-order valence-corrected chi connectivity index (χ2v) is 8.65. The van der Waals surface area contributed by atoms with Crippen molar-refractivity contribution < 1.29 is 14.4 Å². The van der Waals surface area contributed by atoms with E-state index in [1.54, 1.807) is 0 Å². The number of aromatic nitrogens is 1. The Morgan fingerprint density at radius 1 is 0.969 bits per heavy atom. The van der Waals surface area contributed by atoms with E-state index in [9.17, 15) is 5.11 Å². The monoisotopic (exact) mass is 435 g/mol. The fourth-order valence-corrected chi connectivity index (χ4v) is 4.27. The number of piperazine rings is 1. The normalized spacial score (nSPS) is 17.3. The van der Waals surface area contributed by atoms with E-state index in [1.165, 1.54) is 5.56 Å². The molecule has 6 heteroatoms. The van der Waals surface area contributed by atoms with Crippen LogP contribution >= 0.6 is 0 Å². The van der Waals surface area contributed by atoms with E-state index in [0.29, 0.717) is 13.2 Å². The van der Waals surface area contributed by atoms with Gasteiger partial charge < -0.3 is 14.4 Å². The van der Waals surface area contributed by atoms with Crippen molar-refractivity contribution in [3.63, 3.8) is 0 Å². The molecule has 0 radical (unpaired) electrons. The van der Waals surface area contributed by atoms with E-state index in [-0.39, 0.29) is 6.10 Å². The lowest BCUT2D eigenvalue weighted by atomic mass is 9.97. The molecule has 2 aromatic carbocycles. The number of aliphatic hydroxyl groups excluding tert-OH is 1. The smallest absolute Gasteiger partial charge is 0.150 e. The molecule has 1 aliphatic heterocycles. The highest BCUT2D eigenvalue weighted by atomic mass is 16.5. The van der Waals surface area contributed by atoms with Gasteiger partial charge in [0.1, 0.15) is 6.10 Å². The summed E-state index contributed by atoms with van der Waals surface area (Å²) in [5.74, 6) is 0.910. The predicted molar refractivity (Wildman–Crippen MR) is 124 cm³/mol. The molecule has 2 unspecified atom stereocenters. The highest BCUT2D eigenvalue weighted by Gasteiger charge is 2.22. The number of benzene rings is 2. The van der Waals surface area contributed by atoms with Crippen LogP contribution in [0.5, 0.6) is 0 Å². The minimum Gasteiger partial charge on any atom is -0.389 e. The van der Waals surface area contributed by atoms with Crippen LogP contribution in [0.3, 0.4) is 0 Å². The lowest BCUT2D eigenvalue weighted by Crippen LogP contribution is -2.48. The Hall–Kier alpha value is -2.51. The third kappa shape index (κ3) is 6.04. The molecule has 2 atom stereocenters. The van der Waals surface area contributed by atoms with E-state index in [4.69, 9.17) is 9.26 Å². The predicted octanol–water partition coefficient (Wildman–Crippen LogP) is 3.58. The van der Waals surface area contributed by atoms with Crippen LogP contribution < -0.4 is 0 Å². The Morgan fingerprint density at radius 3 is 2.34 bits per heavy atom. The summed E-state index contributed by atoms with van der Waals surface area (Å²) in [5, 5.41) is 14.7. The topological polar surface area (TPSA) is 62.0 Å². The number of hydrogen-bond acceptors (Lipinski definition) is 6. The van der Waals surface area contributed by atoms with Crippen LogP contribution in [0.25, 0.3) is 0 Å². The van der Waals surface area contributed by atoms with E-state index in [0.717, 1.165) is 55.3 Å². The molecule has 0 bridgehead atoms. The van der Waals surface area contributed by atoms with E-state index in [2.05, 4.69) is 46.1 Å². The molecule has 170 valence electrons. The standard InChI is InChI=1S/C26H33N3O3/c1-20-8-6-7-11-25(20)26(22-9-4-3-5-10-22)31-19-23(30)17-28-12-14-29(15-13-28)18-24-16-21(2)27-32-24/h3-11,16,23,26,30H,12-15,17-19H2,1-2H3. The molecule has 1 fully saturated rings. The Bertz CT molecular complexity index is 967. The molecule has 1 aromatic heterocycles. The minimum atomic E-state index is -0.534. The molecule has 0 amide bonds. The zero-order valence-corrected chi connectivity index (χ0v) is 19.0. The number of nitrogens with zero attached hydrogens (tertiary/aromatic N) is 3. The van der Waals surface area contributed by atoms with Gasteiger partial charge in [-0.15, -0.1) is 0 Å². The first-order valence-corrected chi connectivity index (χ1v) is 11.4. The second kappa shape index (κ2) is 10.9. The maximum atomic E-state index is 10.7. The van der Waals surface area contributed by atoms with Crippen molar-refractivity contribution in [2.45, 2.75) is 32.6 Å². The minimum absolute atomic E-state index is 0.186. The fraction of sp³-hybridized carbons (Fsp3) is 0.423. The van der Waals surface area contributed by atoms with Crippen molar-refractivity contribution in [1.29, 1.82) is 0 Å². The summed E-state index contributed by atoms with van der Waals surface area (Å²) in [6, 6.07) is 20.5. The Morgan fingerprint density at radius 2 is 1.66 bits per heavy atom. The first kappa shape index (κ1) is 22.7. The quantitative estimate of drug-likeness (QED) is 0.554. The van der Waals surface area contributed by atoms with Gasteiger partial charge in [0.15, 0.2) is 5.76 Å². The highest BCUT2D eigenvalue weighted by Crippen LogP contribution is 2.28. The van der Waals surface area contributed by atoms with Crippen molar-refractivity contribution in [2.24, 2.45) is 0 Å². The van der Waals surface area contributed by atoms with Crippen LogP contribution in [-0.2, 0) is 11.3 Å². The molecule has 2 heterocycles. The Kier molecular flexibility index (Phi) is 7.71. The third-order valence-corrected chi connectivity index (χ3v) is 6.02. The summed E-state index contributed by atoms with van der Waals surface area (Å²) >= 11 is 0. The zero-order chi connectivity index (χ0) is 22.3. The van der Waals surface area contributed by atoms with Crippen LogP contribution in [0, 0.1) is 13.8 Å². The van der Waals surface area contributed by atoms with E-state index in [1.807, 2.05) is 43.3 Å². The van der Waals surface area contributed by atoms with E-state index < -0.39 is 6.10 Å². The number of aryl methyl sites for hydroxylation is 2. The van der Waals surface area contributed by atoms with Gasteiger partial charge in [-0.3, -0.25) is 9.80 Å². The summed E-state index contributed by atoms with van der Waals surface area (Å²) in [6.07, 6.45) is -0.719. The van der Waals surface area contributed by atoms with Crippen molar-refractivity contribution in [2.75, 3.05) is 39.3 Å². The van der Waals surface area contributed by atoms with Crippen molar-refractivity contribution in [3.8, 4) is 0 Å².